The molecule has 0 aliphatic carbocycles. The van der Waals surface area contributed by atoms with E-state index >= 15 is 0 Å². The van der Waals surface area contributed by atoms with Gasteiger partial charge in [-0.3, -0.25) is 14.4 Å². The van der Waals surface area contributed by atoms with Gasteiger partial charge in [-0.2, -0.15) is 13.2 Å². The summed E-state index contributed by atoms with van der Waals surface area (Å²) in [6.07, 6.45) is -4.19. The Hall–Kier alpha value is -1.83. The molecule has 0 amide bonds. The zero-order valence-corrected chi connectivity index (χ0v) is 13.7. The average molecular weight is 362 g/mol. The lowest BCUT2D eigenvalue weighted by Gasteiger charge is -2.13. The van der Waals surface area contributed by atoms with Crippen molar-refractivity contribution >= 4 is 29.3 Å². The van der Waals surface area contributed by atoms with Crippen LogP contribution in [0.2, 0.25) is 0 Å². The zero-order valence-electron chi connectivity index (χ0n) is 12.9. The Kier molecular flexibility index (Phi) is 7.47. The third kappa shape index (κ3) is 7.16. The molecule has 24 heavy (non-hydrogen) atoms. The smallest absolute Gasteiger partial charge is 0.416 e. The van der Waals surface area contributed by atoms with Gasteiger partial charge >= 0.3 is 12.1 Å². The minimum atomic E-state index is -4.41. The number of carbonyl (C=O) groups excluding carboxylic acids is 2. The summed E-state index contributed by atoms with van der Waals surface area (Å²) in [5.74, 6) is -1.87. The van der Waals surface area contributed by atoms with Gasteiger partial charge in [-0.1, -0.05) is 12.1 Å². The van der Waals surface area contributed by atoms with Crippen molar-refractivity contribution in [3.63, 3.8) is 0 Å². The second kappa shape index (κ2) is 8.86. The predicted molar refractivity (Wildman–Crippen MR) is 84.0 cm³/mol. The van der Waals surface area contributed by atoms with Crippen LogP contribution in [-0.2, 0) is 27.0 Å². The highest BCUT2D eigenvalue weighted by Crippen LogP contribution is 2.29. The van der Waals surface area contributed by atoms with Crippen molar-refractivity contribution in [2.45, 2.75) is 37.6 Å². The zero-order chi connectivity index (χ0) is 18.3. The Morgan fingerprint density at radius 3 is 2.21 bits per heavy atom. The lowest BCUT2D eigenvalue weighted by atomic mass is 10.0. The van der Waals surface area contributed by atoms with E-state index in [1.54, 1.807) is 0 Å². The van der Waals surface area contributed by atoms with E-state index in [0.29, 0.717) is 5.56 Å². The summed E-state index contributed by atoms with van der Waals surface area (Å²) in [5.41, 5.74) is -0.190. The van der Waals surface area contributed by atoms with Gasteiger partial charge in [0.15, 0.2) is 0 Å². The summed E-state index contributed by atoms with van der Waals surface area (Å²) in [4.78, 5) is 33.9. The molecule has 1 aromatic rings. The van der Waals surface area contributed by atoms with Gasteiger partial charge in [0, 0.05) is 12.8 Å². The highest BCUT2D eigenvalue weighted by molar-refractivity contribution is 8.01. The van der Waals surface area contributed by atoms with Crippen LogP contribution in [0.5, 0.6) is 0 Å². The quantitative estimate of drug-likeness (QED) is 0.729. The predicted octanol–water partition coefficient (Wildman–Crippen LogP) is 3.37. The first-order chi connectivity index (χ1) is 11.1. The fourth-order valence-electron chi connectivity index (χ4n) is 1.99. The number of hydrogen-bond acceptors (Lipinski definition) is 4. The van der Waals surface area contributed by atoms with Gasteiger partial charge in [-0.15, -0.1) is 11.8 Å². The molecule has 1 rings (SSSR count). The molecule has 0 saturated carbocycles. The summed E-state index contributed by atoms with van der Waals surface area (Å²) in [6, 6.07) is 4.51. The number of carbonyl (C=O) groups is 3. The number of halogens is 3. The number of aryl methyl sites for hydroxylation is 1. The highest BCUT2D eigenvalue weighted by Gasteiger charge is 2.30. The third-order valence-corrected chi connectivity index (χ3v) is 4.43. The normalized spacial score (nSPS) is 12.7. The van der Waals surface area contributed by atoms with Gasteiger partial charge in [0.05, 0.1) is 16.6 Å². The lowest BCUT2D eigenvalue weighted by Crippen LogP contribution is -2.22. The largest absolute Gasteiger partial charge is 0.481 e. The molecule has 0 bridgehead atoms. The Balaban J connectivity index is 2.63. The standard InChI is InChI=1S/C16H17F3O4S/c1-10(20)8-14(24-9-15(22)23)13(21)7-4-11-2-5-12(6-3-11)16(17,18)19/h2-3,5-6,14H,4,7-9H2,1H3,(H,22,23). The van der Waals surface area contributed by atoms with Gasteiger partial charge < -0.3 is 5.11 Å². The van der Waals surface area contributed by atoms with E-state index in [-0.39, 0.29) is 36.6 Å². The summed E-state index contributed by atoms with van der Waals surface area (Å²) in [7, 11) is 0. The van der Waals surface area contributed by atoms with Crippen molar-refractivity contribution in [3.05, 3.63) is 35.4 Å². The molecule has 132 valence electrons. The van der Waals surface area contributed by atoms with Crippen LogP contribution in [0.1, 0.15) is 30.9 Å². The van der Waals surface area contributed by atoms with E-state index < -0.39 is 23.0 Å². The molecule has 1 atom stereocenters. The summed E-state index contributed by atoms with van der Waals surface area (Å²) in [5, 5.41) is 7.93. The van der Waals surface area contributed by atoms with E-state index in [9.17, 15) is 27.6 Å². The Labute approximate surface area is 141 Å². The Morgan fingerprint density at radius 1 is 1.17 bits per heavy atom. The van der Waals surface area contributed by atoms with Crippen LogP contribution < -0.4 is 0 Å². The molecule has 0 aliphatic heterocycles. The molecule has 0 spiro atoms. The number of alkyl halides is 3. The van der Waals surface area contributed by atoms with Crippen LogP contribution in [0.3, 0.4) is 0 Å². The van der Waals surface area contributed by atoms with E-state index in [0.717, 1.165) is 23.9 Å². The summed E-state index contributed by atoms with van der Waals surface area (Å²) in [6.45, 7) is 1.32. The SMILES string of the molecule is CC(=O)CC(SCC(=O)O)C(=O)CCc1ccc(C(F)(F)F)cc1. The molecule has 8 heteroatoms. The number of carboxylic acids is 1. The number of benzene rings is 1. The molecule has 0 aliphatic rings. The Morgan fingerprint density at radius 2 is 1.75 bits per heavy atom. The number of aliphatic carboxylic acids is 1. The molecule has 4 nitrogen and oxygen atoms in total. The molecule has 0 heterocycles. The molecule has 0 aromatic heterocycles. The Bertz CT molecular complexity index is 596. The first-order valence-electron chi connectivity index (χ1n) is 7.11. The maximum absolute atomic E-state index is 12.5. The molecule has 0 saturated heterocycles. The number of thioether (sulfide) groups is 1. The molecule has 0 fully saturated rings. The topological polar surface area (TPSA) is 71.4 Å². The molecule has 1 unspecified atom stereocenters. The molecule has 0 radical (unpaired) electrons. The number of carboxylic acid groups (broad SMARTS) is 1. The molecule has 1 N–H and O–H groups in total. The first-order valence-corrected chi connectivity index (χ1v) is 8.16. The van der Waals surface area contributed by atoms with Crippen LogP contribution in [0.15, 0.2) is 24.3 Å². The van der Waals surface area contributed by atoms with Gasteiger partial charge in [0.25, 0.3) is 0 Å². The van der Waals surface area contributed by atoms with E-state index in [4.69, 9.17) is 5.11 Å². The highest BCUT2D eigenvalue weighted by atomic mass is 32.2. The van der Waals surface area contributed by atoms with Gasteiger partial charge in [-0.25, -0.2) is 0 Å². The first kappa shape index (κ1) is 20.2. The maximum Gasteiger partial charge on any atom is 0.416 e. The van der Waals surface area contributed by atoms with Crippen molar-refractivity contribution in [2.24, 2.45) is 0 Å². The van der Waals surface area contributed by atoms with Crippen molar-refractivity contribution in [2.75, 3.05) is 5.75 Å². The number of ketones is 2. The molecule has 1 aromatic carbocycles. The van der Waals surface area contributed by atoms with Crippen molar-refractivity contribution in [1.29, 1.82) is 0 Å². The van der Waals surface area contributed by atoms with Crippen molar-refractivity contribution < 1.29 is 32.7 Å². The van der Waals surface area contributed by atoms with Crippen LogP contribution in [0.25, 0.3) is 0 Å². The van der Waals surface area contributed by atoms with Crippen LogP contribution in [0, 0.1) is 0 Å². The van der Waals surface area contributed by atoms with Gasteiger partial charge in [0.1, 0.15) is 11.6 Å². The third-order valence-electron chi connectivity index (χ3n) is 3.18. The number of Topliss-reactive ketones (excluding diaryl/α,β-unsaturated/α-hetero) is 2. The molecular formula is C16H17F3O4S. The fourth-order valence-corrected chi connectivity index (χ4v) is 2.99. The second-order valence-corrected chi connectivity index (χ2v) is 6.45. The van der Waals surface area contributed by atoms with E-state index in [2.05, 4.69) is 0 Å². The fraction of sp³-hybridized carbons (Fsp3) is 0.438. The minimum absolute atomic E-state index is 0.0376. The van der Waals surface area contributed by atoms with Gasteiger partial charge in [-0.05, 0) is 31.0 Å². The van der Waals surface area contributed by atoms with Gasteiger partial charge in [0.2, 0.25) is 0 Å². The average Bonchev–Trinajstić information content (AvgIpc) is 2.48. The summed E-state index contributed by atoms with van der Waals surface area (Å²) >= 11 is 0.888. The molecular weight excluding hydrogens is 345 g/mol. The van der Waals surface area contributed by atoms with E-state index in [1.165, 1.54) is 19.1 Å². The van der Waals surface area contributed by atoms with E-state index in [1.807, 2.05) is 0 Å². The van der Waals surface area contributed by atoms with Crippen molar-refractivity contribution in [1.82, 2.24) is 0 Å². The monoisotopic (exact) mass is 362 g/mol. The lowest BCUT2D eigenvalue weighted by molar-refractivity contribution is -0.137. The number of rotatable bonds is 9. The number of hydrogen-bond donors (Lipinski definition) is 1. The second-order valence-electron chi connectivity index (χ2n) is 5.26. The van der Waals surface area contributed by atoms with Crippen LogP contribution in [-0.4, -0.2) is 33.6 Å². The summed E-state index contributed by atoms with van der Waals surface area (Å²) < 4.78 is 37.4. The van der Waals surface area contributed by atoms with Crippen LogP contribution >= 0.6 is 11.8 Å². The van der Waals surface area contributed by atoms with Crippen molar-refractivity contribution in [3.8, 4) is 0 Å². The van der Waals surface area contributed by atoms with Crippen LogP contribution in [0.4, 0.5) is 13.2 Å². The minimum Gasteiger partial charge on any atom is -0.481 e. The maximum atomic E-state index is 12.5.